The molecule has 2 aromatic carbocycles. The van der Waals surface area contributed by atoms with Crippen LogP contribution in [0.3, 0.4) is 0 Å². The van der Waals surface area contributed by atoms with Gasteiger partial charge in [-0.25, -0.2) is 0 Å². The van der Waals surface area contributed by atoms with Crippen LogP contribution in [0.4, 0.5) is 0 Å². The summed E-state index contributed by atoms with van der Waals surface area (Å²) in [6.45, 7) is 2.81. The molecule has 0 spiro atoms. The summed E-state index contributed by atoms with van der Waals surface area (Å²) in [7, 11) is 0. The molecule has 0 aliphatic carbocycles. The van der Waals surface area contributed by atoms with Gasteiger partial charge in [0.1, 0.15) is 0 Å². The first-order valence-electron chi connectivity index (χ1n) is 6.88. The summed E-state index contributed by atoms with van der Waals surface area (Å²) in [4.78, 5) is 12.0. The van der Waals surface area contributed by atoms with Crippen molar-refractivity contribution in [3.63, 3.8) is 0 Å². The fourth-order valence-corrected chi connectivity index (χ4v) is 4.10. The fourth-order valence-electron chi connectivity index (χ4n) is 2.63. The zero-order chi connectivity index (χ0) is 15.0. The van der Waals surface area contributed by atoms with Crippen molar-refractivity contribution >= 4 is 37.8 Å². The number of amides is 1. The Labute approximate surface area is 141 Å². The number of alkyl halides is 1. The molecule has 1 amide bonds. The number of nitrogens with one attached hydrogen (secondary N) is 1. The molecule has 0 saturated heterocycles. The van der Waals surface area contributed by atoms with Crippen molar-refractivity contribution in [1.82, 2.24) is 5.32 Å². The minimum absolute atomic E-state index is 0.0288. The van der Waals surface area contributed by atoms with E-state index in [-0.39, 0.29) is 10.7 Å². The van der Waals surface area contributed by atoms with Gasteiger partial charge in [0.05, 0.1) is 4.83 Å². The molecule has 1 aliphatic rings. The van der Waals surface area contributed by atoms with E-state index < -0.39 is 0 Å². The monoisotopic (exact) mass is 407 g/mol. The van der Waals surface area contributed by atoms with Gasteiger partial charge in [-0.05, 0) is 41.7 Å². The molecule has 3 rings (SSSR count). The first-order chi connectivity index (χ1) is 10.1. The standard InChI is InChI=1S/C17H15Br2NO/c1-10-3-2-4-13(15(10)18)16(19)12-6-5-11-7-8-20-17(21)14(11)9-12/h2-6,9,16H,7-8H2,1H3,(H,20,21). The minimum Gasteiger partial charge on any atom is -0.352 e. The molecule has 108 valence electrons. The molecule has 1 aliphatic heterocycles. The molecular weight excluding hydrogens is 394 g/mol. The number of rotatable bonds is 2. The van der Waals surface area contributed by atoms with E-state index in [0.717, 1.165) is 34.1 Å². The topological polar surface area (TPSA) is 29.1 Å². The van der Waals surface area contributed by atoms with Gasteiger partial charge in [-0.1, -0.05) is 62.2 Å². The third-order valence-electron chi connectivity index (χ3n) is 3.85. The summed E-state index contributed by atoms with van der Waals surface area (Å²) in [6.07, 6.45) is 0.905. The van der Waals surface area contributed by atoms with Crippen LogP contribution in [0.5, 0.6) is 0 Å². The highest BCUT2D eigenvalue weighted by molar-refractivity contribution is 9.11. The van der Waals surface area contributed by atoms with Crippen LogP contribution >= 0.6 is 31.9 Å². The van der Waals surface area contributed by atoms with Crippen LogP contribution in [0.15, 0.2) is 40.9 Å². The number of carbonyl (C=O) groups excluding carboxylic acids is 1. The zero-order valence-corrected chi connectivity index (χ0v) is 14.8. The van der Waals surface area contributed by atoms with Gasteiger partial charge in [-0.15, -0.1) is 0 Å². The van der Waals surface area contributed by atoms with Crippen LogP contribution in [-0.4, -0.2) is 12.5 Å². The number of fused-ring (bicyclic) bond motifs is 1. The molecule has 1 atom stereocenters. The lowest BCUT2D eigenvalue weighted by Gasteiger charge is -2.20. The van der Waals surface area contributed by atoms with Gasteiger partial charge >= 0.3 is 0 Å². The van der Waals surface area contributed by atoms with E-state index in [1.165, 1.54) is 11.1 Å². The molecule has 1 heterocycles. The van der Waals surface area contributed by atoms with Crippen molar-refractivity contribution in [3.8, 4) is 0 Å². The maximum atomic E-state index is 12.0. The fraction of sp³-hybridized carbons (Fsp3) is 0.235. The van der Waals surface area contributed by atoms with Gasteiger partial charge in [0, 0.05) is 16.6 Å². The number of benzene rings is 2. The Morgan fingerprint density at radius 3 is 2.86 bits per heavy atom. The highest BCUT2D eigenvalue weighted by Crippen LogP contribution is 2.37. The smallest absolute Gasteiger partial charge is 0.251 e. The molecular formula is C17H15Br2NO. The van der Waals surface area contributed by atoms with Gasteiger partial charge in [-0.3, -0.25) is 4.79 Å². The van der Waals surface area contributed by atoms with Crippen molar-refractivity contribution in [2.45, 2.75) is 18.2 Å². The average Bonchev–Trinajstić information content (AvgIpc) is 2.49. The van der Waals surface area contributed by atoms with Crippen molar-refractivity contribution < 1.29 is 4.79 Å². The van der Waals surface area contributed by atoms with Gasteiger partial charge < -0.3 is 5.32 Å². The second kappa shape index (κ2) is 5.93. The van der Waals surface area contributed by atoms with Crippen LogP contribution in [0.1, 0.15) is 37.4 Å². The molecule has 0 radical (unpaired) electrons. The number of carbonyl (C=O) groups is 1. The third kappa shape index (κ3) is 2.79. The van der Waals surface area contributed by atoms with Gasteiger partial charge in [0.2, 0.25) is 0 Å². The maximum absolute atomic E-state index is 12.0. The molecule has 2 aromatic rings. The predicted octanol–water partition coefficient (Wildman–Crippen LogP) is 4.53. The zero-order valence-electron chi connectivity index (χ0n) is 11.6. The summed E-state index contributed by atoms with van der Waals surface area (Å²) in [5.74, 6) is 0.0288. The van der Waals surface area contributed by atoms with E-state index in [0.29, 0.717) is 0 Å². The van der Waals surface area contributed by atoms with E-state index in [1.54, 1.807) is 0 Å². The second-order valence-corrected chi connectivity index (χ2v) is 6.97. The van der Waals surface area contributed by atoms with E-state index in [2.05, 4.69) is 74.4 Å². The lowest BCUT2D eigenvalue weighted by Crippen LogP contribution is -2.31. The van der Waals surface area contributed by atoms with Gasteiger partial charge in [0.15, 0.2) is 0 Å². The minimum atomic E-state index is 0.0288. The first kappa shape index (κ1) is 14.8. The van der Waals surface area contributed by atoms with E-state index in [1.807, 2.05) is 6.07 Å². The van der Waals surface area contributed by atoms with Gasteiger partial charge in [0.25, 0.3) is 5.91 Å². The number of aryl methyl sites for hydroxylation is 1. The quantitative estimate of drug-likeness (QED) is 0.726. The van der Waals surface area contributed by atoms with Crippen molar-refractivity contribution in [1.29, 1.82) is 0 Å². The number of hydrogen-bond acceptors (Lipinski definition) is 1. The van der Waals surface area contributed by atoms with Gasteiger partial charge in [-0.2, -0.15) is 0 Å². The average molecular weight is 409 g/mol. The maximum Gasteiger partial charge on any atom is 0.251 e. The summed E-state index contributed by atoms with van der Waals surface area (Å²) in [5, 5.41) is 2.90. The summed E-state index contributed by atoms with van der Waals surface area (Å²) in [5.41, 5.74) is 5.40. The highest BCUT2D eigenvalue weighted by atomic mass is 79.9. The van der Waals surface area contributed by atoms with Crippen molar-refractivity contribution in [2.75, 3.05) is 6.54 Å². The lowest BCUT2D eigenvalue weighted by atomic mass is 9.95. The largest absolute Gasteiger partial charge is 0.352 e. The molecule has 0 fully saturated rings. The van der Waals surface area contributed by atoms with Crippen molar-refractivity contribution in [3.05, 3.63) is 68.7 Å². The molecule has 4 heteroatoms. The second-order valence-electron chi connectivity index (χ2n) is 5.26. The molecule has 0 aromatic heterocycles. The molecule has 1 unspecified atom stereocenters. The van der Waals surface area contributed by atoms with Crippen molar-refractivity contribution in [2.24, 2.45) is 0 Å². The Balaban J connectivity index is 2.02. The first-order valence-corrected chi connectivity index (χ1v) is 8.59. The Hall–Kier alpha value is -1.13. The highest BCUT2D eigenvalue weighted by Gasteiger charge is 2.20. The van der Waals surface area contributed by atoms with Crippen LogP contribution in [0.25, 0.3) is 0 Å². The lowest BCUT2D eigenvalue weighted by molar-refractivity contribution is 0.0946. The summed E-state index contributed by atoms with van der Waals surface area (Å²) < 4.78 is 1.11. The third-order valence-corrected chi connectivity index (χ3v) is 5.95. The summed E-state index contributed by atoms with van der Waals surface area (Å²) >= 11 is 7.42. The van der Waals surface area contributed by atoms with Crippen LogP contribution < -0.4 is 5.32 Å². The van der Waals surface area contributed by atoms with Crippen LogP contribution in [0, 0.1) is 6.92 Å². The van der Waals surface area contributed by atoms with Crippen LogP contribution in [-0.2, 0) is 6.42 Å². The van der Waals surface area contributed by atoms with E-state index in [9.17, 15) is 4.79 Å². The Bertz CT molecular complexity index is 712. The molecule has 1 N–H and O–H groups in total. The predicted molar refractivity (Wildman–Crippen MR) is 92.1 cm³/mol. The number of halogens is 2. The molecule has 21 heavy (non-hydrogen) atoms. The molecule has 0 saturated carbocycles. The Morgan fingerprint density at radius 2 is 2.05 bits per heavy atom. The SMILES string of the molecule is Cc1cccc(C(Br)c2ccc3c(c2)C(=O)NCC3)c1Br. The Morgan fingerprint density at radius 1 is 1.24 bits per heavy atom. The molecule has 2 nitrogen and oxygen atoms in total. The number of hydrogen-bond donors (Lipinski definition) is 1. The summed E-state index contributed by atoms with van der Waals surface area (Å²) in [6, 6.07) is 12.4. The van der Waals surface area contributed by atoms with Crippen LogP contribution in [0.2, 0.25) is 0 Å². The van der Waals surface area contributed by atoms with E-state index >= 15 is 0 Å². The molecule has 0 bridgehead atoms. The van der Waals surface area contributed by atoms with E-state index in [4.69, 9.17) is 0 Å². The Kier molecular flexibility index (Phi) is 4.18. The normalized spacial score (nSPS) is 15.3.